The van der Waals surface area contributed by atoms with Gasteiger partial charge in [-0.1, -0.05) is 25.0 Å². The van der Waals surface area contributed by atoms with E-state index in [4.69, 9.17) is 5.11 Å². The van der Waals surface area contributed by atoms with Crippen molar-refractivity contribution in [1.29, 1.82) is 0 Å². The van der Waals surface area contributed by atoms with Gasteiger partial charge in [0.15, 0.2) is 0 Å². The molecule has 0 saturated carbocycles. The minimum atomic E-state index is -3.42. The fourth-order valence-electron chi connectivity index (χ4n) is 2.80. The average molecular weight is 354 g/mol. The summed E-state index contributed by atoms with van der Waals surface area (Å²) < 4.78 is 26.9. The van der Waals surface area contributed by atoms with Crippen LogP contribution in [-0.4, -0.2) is 50.0 Å². The van der Waals surface area contributed by atoms with Gasteiger partial charge in [0.05, 0.1) is 11.5 Å². The number of hydrogen-bond acceptors (Lipinski definition) is 4. The van der Waals surface area contributed by atoms with Crippen LogP contribution in [0.5, 0.6) is 0 Å². The monoisotopic (exact) mass is 354 g/mol. The van der Waals surface area contributed by atoms with Crippen molar-refractivity contribution in [1.82, 2.24) is 9.62 Å². The predicted octanol–water partition coefficient (Wildman–Crippen LogP) is 1.29. The Bertz CT molecular complexity index is 620. The van der Waals surface area contributed by atoms with E-state index in [1.165, 1.54) is 0 Å². The molecule has 0 bridgehead atoms. The summed E-state index contributed by atoms with van der Waals surface area (Å²) in [7, 11) is -3.42. The van der Waals surface area contributed by atoms with E-state index in [1.807, 2.05) is 0 Å². The lowest BCUT2D eigenvalue weighted by Crippen LogP contribution is -2.31. The molecule has 24 heavy (non-hydrogen) atoms. The van der Waals surface area contributed by atoms with Gasteiger partial charge in [-0.3, -0.25) is 4.79 Å². The first-order valence-corrected chi connectivity index (χ1v) is 9.94. The second-order valence-corrected chi connectivity index (χ2v) is 7.97. The Hall–Kier alpha value is -1.44. The highest BCUT2D eigenvalue weighted by atomic mass is 32.2. The van der Waals surface area contributed by atoms with Crippen LogP contribution in [0.3, 0.4) is 0 Å². The van der Waals surface area contributed by atoms with E-state index >= 15 is 0 Å². The molecule has 0 radical (unpaired) electrons. The third-order valence-electron chi connectivity index (χ3n) is 4.20. The summed E-state index contributed by atoms with van der Waals surface area (Å²) in [5.74, 6) is -0.120. The molecule has 1 aliphatic heterocycles. The summed E-state index contributed by atoms with van der Waals surface area (Å²) in [6.07, 6.45) is 4.87. The number of hydrogen-bond donors (Lipinski definition) is 2. The zero-order chi connectivity index (χ0) is 17.4. The molecule has 0 aliphatic carbocycles. The Kier molecular flexibility index (Phi) is 7.20. The Morgan fingerprint density at radius 1 is 1.08 bits per heavy atom. The lowest BCUT2D eigenvalue weighted by atomic mass is 10.1. The maximum atomic E-state index is 12.7. The van der Waals surface area contributed by atoms with Crippen molar-refractivity contribution >= 4 is 15.9 Å². The zero-order valence-electron chi connectivity index (χ0n) is 13.9. The molecule has 1 aromatic carbocycles. The second-order valence-electron chi connectivity index (χ2n) is 6.04. The van der Waals surface area contributed by atoms with Gasteiger partial charge in [-0.05, 0) is 37.0 Å². The molecule has 0 aromatic heterocycles. The first-order chi connectivity index (χ1) is 11.5. The van der Waals surface area contributed by atoms with Crippen LogP contribution in [0.2, 0.25) is 0 Å². The largest absolute Gasteiger partial charge is 0.395 e. The Morgan fingerprint density at radius 2 is 1.71 bits per heavy atom. The van der Waals surface area contributed by atoms with Gasteiger partial charge in [0, 0.05) is 26.1 Å². The molecule has 1 aliphatic rings. The van der Waals surface area contributed by atoms with E-state index in [9.17, 15) is 13.2 Å². The molecule has 1 heterocycles. The number of benzene rings is 1. The molecule has 7 heteroatoms. The van der Waals surface area contributed by atoms with Gasteiger partial charge in [-0.2, -0.15) is 4.31 Å². The fraction of sp³-hybridized carbons (Fsp3) is 0.588. The van der Waals surface area contributed by atoms with Crippen LogP contribution in [-0.2, 0) is 21.2 Å². The van der Waals surface area contributed by atoms with E-state index in [0.29, 0.717) is 30.8 Å². The molecule has 1 aromatic rings. The SMILES string of the molecule is O=C(CCc1ccc(S(=O)(=O)N2CCCCCC2)cc1)NCCO. The van der Waals surface area contributed by atoms with E-state index in [2.05, 4.69) is 5.32 Å². The van der Waals surface area contributed by atoms with Crippen molar-refractivity contribution < 1.29 is 18.3 Å². The van der Waals surface area contributed by atoms with Crippen LogP contribution < -0.4 is 5.32 Å². The van der Waals surface area contributed by atoms with Crippen molar-refractivity contribution in [3.05, 3.63) is 29.8 Å². The first kappa shape index (κ1) is 18.9. The lowest BCUT2D eigenvalue weighted by molar-refractivity contribution is -0.121. The smallest absolute Gasteiger partial charge is 0.243 e. The molecule has 2 N–H and O–H groups in total. The molecule has 1 saturated heterocycles. The highest BCUT2D eigenvalue weighted by Gasteiger charge is 2.24. The number of aliphatic hydroxyl groups is 1. The van der Waals surface area contributed by atoms with Crippen molar-refractivity contribution in [2.75, 3.05) is 26.2 Å². The van der Waals surface area contributed by atoms with Gasteiger partial charge in [0.1, 0.15) is 0 Å². The highest BCUT2D eigenvalue weighted by molar-refractivity contribution is 7.89. The van der Waals surface area contributed by atoms with E-state index in [-0.39, 0.29) is 19.1 Å². The number of amides is 1. The van der Waals surface area contributed by atoms with Crippen LogP contribution in [0.4, 0.5) is 0 Å². The third-order valence-corrected chi connectivity index (χ3v) is 6.11. The van der Waals surface area contributed by atoms with Crippen LogP contribution in [0.15, 0.2) is 29.2 Å². The number of sulfonamides is 1. The maximum Gasteiger partial charge on any atom is 0.243 e. The highest BCUT2D eigenvalue weighted by Crippen LogP contribution is 2.20. The van der Waals surface area contributed by atoms with Crippen LogP contribution in [0.25, 0.3) is 0 Å². The van der Waals surface area contributed by atoms with Crippen molar-refractivity contribution in [2.45, 2.75) is 43.4 Å². The van der Waals surface area contributed by atoms with Crippen LogP contribution in [0.1, 0.15) is 37.7 Å². The number of nitrogens with zero attached hydrogens (tertiary/aromatic N) is 1. The topological polar surface area (TPSA) is 86.7 Å². The van der Waals surface area contributed by atoms with Gasteiger partial charge in [-0.25, -0.2) is 8.42 Å². The molecule has 134 valence electrons. The number of aryl methyl sites for hydroxylation is 1. The molecule has 1 amide bonds. The van der Waals surface area contributed by atoms with E-state index in [1.54, 1.807) is 28.6 Å². The zero-order valence-corrected chi connectivity index (χ0v) is 14.7. The summed E-state index contributed by atoms with van der Waals surface area (Å²) in [4.78, 5) is 11.8. The minimum Gasteiger partial charge on any atom is -0.395 e. The summed E-state index contributed by atoms with van der Waals surface area (Å²) in [5.41, 5.74) is 0.920. The number of aliphatic hydroxyl groups excluding tert-OH is 1. The van der Waals surface area contributed by atoms with Gasteiger partial charge in [-0.15, -0.1) is 0 Å². The molecule has 0 spiro atoms. The number of nitrogens with one attached hydrogen (secondary N) is 1. The van der Waals surface area contributed by atoms with Gasteiger partial charge < -0.3 is 10.4 Å². The molecule has 1 fully saturated rings. The summed E-state index contributed by atoms with van der Waals surface area (Å²) >= 11 is 0. The van der Waals surface area contributed by atoms with Crippen molar-refractivity contribution in [3.63, 3.8) is 0 Å². The molecule has 2 rings (SSSR count). The fourth-order valence-corrected chi connectivity index (χ4v) is 4.32. The summed E-state index contributed by atoms with van der Waals surface area (Å²) in [6, 6.07) is 6.79. The van der Waals surface area contributed by atoms with Crippen molar-refractivity contribution in [3.8, 4) is 0 Å². The van der Waals surface area contributed by atoms with Crippen LogP contribution in [0, 0.1) is 0 Å². The first-order valence-electron chi connectivity index (χ1n) is 8.50. The number of carbonyl (C=O) groups is 1. The Morgan fingerprint density at radius 3 is 2.29 bits per heavy atom. The molecule has 6 nitrogen and oxygen atoms in total. The lowest BCUT2D eigenvalue weighted by Gasteiger charge is -2.20. The normalized spacial score (nSPS) is 16.5. The van der Waals surface area contributed by atoms with Gasteiger partial charge >= 0.3 is 0 Å². The molecule has 0 atom stereocenters. The standard InChI is InChI=1S/C17H26N2O4S/c20-14-11-18-17(21)10-7-15-5-8-16(9-6-15)24(22,23)19-12-3-1-2-4-13-19/h5-6,8-9,20H,1-4,7,10-14H2,(H,18,21). The van der Waals surface area contributed by atoms with Gasteiger partial charge in [0.25, 0.3) is 0 Å². The molecule has 0 unspecified atom stereocenters. The molecular formula is C17H26N2O4S. The maximum absolute atomic E-state index is 12.7. The molecular weight excluding hydrogens is 328 g/mol. The number of rotatable bonds is 7. The van der Waals surface area contributed by atoms with Gasteiger partial charge in [0.2, 0.25) is 15.9 Å². The third kappa shape index (κ3) is 5.29. The van der Waals surface area contributed by atoms with Crippen LogP contribution >= 0.6 is 0 Å². The summed E-state index contributed by atoms with van der Waals surface area (Å²) in [5, 5.41) is 11.3. The van der Waals surface area contributed by atoms with E-state index in [0.717, 1.165) is 31.2 Å². The van der Waals surface area contributed by atoms with Crippen molar-refractivity contribution in [2.24, 2.45) is 0 Å². The average Bonchev–Trinajstić information content (AvgIpc) is 2.88. The van der Waals surface area contributed by atoms with E-state index < -0.39 is 10.0 Å². The predicted molar refractivity (Wildman–Crippen MR) is 92.1 cm³/mol. The Labute approximate surface area is 143 Å². The second kappa shape index (κ2) is 9.15. The Balaban J connectivity index is 1.96. The quantitative estimate of drug-likeness (QED) is 0.772. The number of carbonyl (C=O) groups excluding carboxylic acids is 1. The minimum absolute atomic E-state index is 0.0746. The summed E-state index contributed by atoms with van der Waals surface area (Å²) in [6.45, 7) is 1.37.